The highest BCUT2D eigenvalue weighted by molar-refractivity contribution is 9.09. The van der Waals surface area contributed by atoms with Crippen molar-refractivity contribution in [3.8, 4) is 0 Å². The normalized spacial score (nSPS) is 14.0. The SMILES string of the molecule is ClC(/C=C/c1cccs1)CBr. The minimum Gasteiger partial charge on any atom is -0.144 e. The van der Waals surface area contributed by atoms with Crippen LogP contribution in [0.2, 0.25) is 0 Å². The van der Waals surface area contributed by atoms with Crippen LogP contribution in [0.3, 0.4) is 0 Å². The minimum atomic E-state index is 0.0945. The first kappa shape index (κ1) is 9.30. The molecule has 0 aliphatic rings. The molecule has 11 heavy (non-hydrogen) atoms. The maximum atomic E-state index is 5.85. The zero-order valence-electron chi connectivity index (χ0n) is 5.84. The Hall–Kier alpha value is 0.210. The van der Waals surface area contributed by atoms with Crippen molar-refractivity contribution in [2.24, 2.45) is 0 Å². The number of hydrogen-bond acceptors (Lipinski definition) is 1. The van der Waals surface area contributed by atoms with Crippen molar-refractivity contribution in [1.82, 2.24) is 0 Å². The number of allylic oxidation sites excluding steroid dienone is 1. The van der Waals surface area contributed by atoms with E-state index < -0.39 is 0 Å². The molecular weight excluding hydrogens is 244 g/mol. The molecule has 0 spiro atoms. The smallest absolute Gasteiger partial charge is 0.0616 e. The van der Waals surface area contributed by atoms with Crippen molar-refractivity contribution in [2.45, 2.75) is 5.38 Å². The molecule has 1 aromatic rings. The first-order valence-electron chi connectivity index (χ1n) is 3.24. The van der Waals surface area contributed by atoms with E-state index in [0.717, 1.165) is 5.33 Å². The lowest BCUT2D eigenvalue weighted by atomic mass is 10.3. The third-order valence-corrected chi connectivity index (χ3v) is 3.37. The summed E-state index contributed by atoms with van der Waals surface area (Å²) in [6.45, 7) is 0. The predicted molar refractivity (Wildman–Crippen MR) is 56.8 cm³/mol. The van der Waals surface area contributed by atoms with Gasteiger partial charge >= 0.3 is 0 Å². The predicted octanol–water partition coefficient (Wildman–Crippen LogP) is 3.76. The summed E-state index contributed by atoms with van der Waals surface area (Å²) in [6.07, 6.45) is 4.03. The van der Waals surface area contributed by atoms with Gasteiger partial charge in [-0.25, -0.2) is 0 Å². The van der Waals surface area contributed by atoms with Gasteiger partial charge in [0.15, 0.2) is 0 Å². The highest BCUT2D eigenvalue weighted by Gasteiger charge is 1.94. The molecule has 0 saturated heterocycles. The molecule has 1 aromatic heterocycles. The third-order valence-electron chi connectivity index (χ3n) is 1.16. The van der Waals surface area contributed by atoms with E-state index in [2.05, 4.69) is 27.4 Å². The zero-order valence-corrected chi connectivity index (χ0v) is 8.99. The molecule has 0 aliphatic carbocycles. The van der Waals surface area contributed by atoms with Crippen LogP contribution in [0.1, 0.15) is 4.88 Å². The summed E-state index contributed by atoms with van der Waals surface area (Å²) in [5, 5.41) is 2.95. The Labute approximate surface area is 84.0 Å². The average Bonchev–Trinajstić information content (AvgIpc) is 2.52. The first-order valence-corrected chi connectivity index (χ1v) is 5.68. The highest BCUT2D eigenvalue weighted by Crippen LogP contribution is 2.12. The van der Waals surface area contributed by atoms with Crippen molar-refractivity contribution in [2.75, 3.05) is 5.33 Å². The second-order valence-electron chi connectivity index (χ2n) is 2.04. The highest BCUT2D eigenvalue weighted by atomic mass is 79.9. The van der Waals surface area contributed by atoms with E-state index in [1.165, 1.54) is 4.88 Å². The van der Waals surface area contributed by atoms with Crippen molar-refractivity contribution in [1.29, 1.82) is 0 Å². The molecule has 0 aromatic carbocycles. The third kappa shape index (κ3) is 3.41. The average molecular weight is 252 g/mol. The number of rotatable bonds is 3. The maximum Gasteiger partial charge on any atom is 0.0616 e. The van der Waals surface area contributed by atoms with Crippen LogP contribution in [0.5, 0.6) is 0 Å². The van der Waals surface area contributed by atoms with Crippen LogP contribution in [0.15, 0.2) is 23.6 Å². The van der Waals surface area contributed by atoms with E-state index in [4.69, 9.17) is 11.6 Å². The van der Waals surface area contributed by atoms with Crippen LogP contribution in [0.4, 0.5) is 0 Å². The summed E-state index contributed by atoms with van der Waals surface area (Å²) in [5.74, 6) is 0. The summed E-state index contributed by atoms with van der Waals surface area (Å²) in [6, 6.07) is 4.10. The summed E-state index contributed by atoms with van der Waals surface area (Å²) >= 11 is 10.9. The molecule has 0 nitrogen and oxygen atoms in total. The van der Waals surface area contributed by atoms with Gasteiger partial charge in [0.2, 0.25) is 0 Å². The van der Waals surface area contributed by atoms with Gasteiger partial charge in [0, 0.05) is 10.2 Å². The Morgan fingerprint density at radius 3 is 3.09 bits per heavy atom. The number of hydrogen-bond donors (Lipinski definition) is 0. The standard InChI is InChI=1S/C8H8BrClS/c9-6-7(10)3-4-8-2-1-5-11-8/h1-5,7H,6H2/b4-3+. The van der Waals surface area contributed by atoms with Crippen LogP contribution in [0.25, 0.3) is 6.08 Å². The number of thiophene rings is 1. The van der Waals surface area contributed by atoms with Crippen LogP contribution in [-0.2, 0) is 0 Å². The molecule has 1 rings (SSSR count). The molecular formula is C8H8BrClS. The molecule has 0 bridgehead atoms. The fourth-order valence-electron chi connectivity index (χ4n) is 0.637. The zero-order chi connectivity index (χ0) is 8.10. The van der Waals surface area contributed by atoms with Gasteiger partial charge in [-0.05, 0) is 17.5 Å². The van der Waals surface area contributed by atoms with E-state index in [1.54, 1.807) is 11.3 Å². The summed E-state index contributed by atoms with van der Waals surface area (Å²) in [4.78, 5) is 1.25. The van der Waals surface area contributed by atoms with Gasteiger partial charge in [0.25, 0.3) is 0 Å². The monoisotopic (exact) mass is 250 g/mol. The van der Waals surface area contributed by atoms with Crippen LogP contribution in [-0.4, -0.2) is 10.7 Å². The summed E-state index contributed by atoms with van der Waals surface area (Å²) in [5.41, 5.74) is 0. The van der Waals surface area contributed by atoms with E-state index in [1.807, 2.05) is 18.2 Å². The Balaban J connectivity index is 2.48. The van der Waals surface area contributed by atoms with Crippen molar-refractivity contribution in [3.05, 3.63) is 28.5 Å². The van der Waals surface area contributed by atoms with Crippen molar-refractivity contribution in [3.63, 3.8) is 0 Å². The molecule has 0 amide bonds. The Morgan fingerprint density at radius 1 is 1.73 bits per heavy atom. The van der Waals surface area contributed by atoms with E-state index in [-0.39, 0.29) is 5.38 Å². The van der Waals surface area contributed by atoms with Crippen LogP contribution >= 0.6 is 38.9 Å². The quantitative estimate of drug-likeness (QED) is 0.718. The van der Waals surface area contributed by atoms with Gasteiger partial charge in [0.1, 0.15) is 0 Å². The van der Waals surface area contributed by atoms with Gasteiger partial charge < -0.3 is 0 Å². The number of halogens is 2. The topological polar surface area (TPSA) is 0 Å². The van der Waals surface area contributed by atoms with Crippen LogP contribution in [0, 0.1) is 0 Å². The lowest BCUT2D eigenvalue weighted by Gasteiger charge is -1.93. The first-order chi connectivity index (χ1) is 5.33. The second kappa shape index (κ2) is 4.96. The fourth-order valence-corrected chi connectivity index (χ4v) is 1.55. The lowest BCUT2D eigenvalue weighted by Crippen LogP contribution is -1.91. The van der Waals surface area contributed by atoms with Crippen molar-refractivity contribution >= 4 is 44.9 Å². The summed E-state index contributed by atoms with van der Waals surface area (Å²) < 4.78 is 0. The Bertz CT molecular complexity index is 218. The molecule has 0 N–H and O–H groups in total. The van der Waals surface area contributed by atoms with Gasteiger partial charge in [0.05, 0.1) is 5.38 Å². The van der Waals surface area contributed by atoms with E-state index in [9.17, 15) is 0 Å². The summed E-state index contributed by atoms with van der Waals surface area (Å²) in [7, 11) is 0. The Kier molecular flexibility index (Phi) is 4.20. The van der Waals surface area contributed by atoms with Gasteiger partial charge in [-0.2, -0.15) is 0 Å². The van der Waals surface area contributed by atoms with E-state index in [0.29, 0.717) is 0 Å². The van der Waals surface area contributed by atoms with Gasteiger partial charge in [-0.15, -0.1) is 22.9 Å². The van der Waals surface area contributed by atoms with Gasteiger partial charge in [-0.3, -0.25) is 0 Å². The maximum absolute atomic E-state index is 5.85. The molecule has 60 valence electrons. The van der Waals surface area contributed by atoms with E-state index >= 15 is 0 Å². The molecule has 0 fully saturated rings. The van der Waals surface area contributed by atoms with Crippen molar-refractivity contribution < 1.29 is 0 Å². The van der Waals surface area contributed by atoms with Crippen LogP contribution < -0.4 is 0 Å². The molecule has 1 heterocycles. The lowest BCUT2D eigenvalue weighted by molar-refractivity contribution is 1.28. The second-order valence-corrected chi connectivity index (χ2v) is 4.23. The fraction of sp³-hybridized carbons (Fsp3) is 0.250. The van der Waals surface area contributed by atoms with Gasteiger partial charge in [-0.1, -0.05) is 28.1 Å². The number of alkyl halides is 2. The molecule has 1 atom stereocenters. The Morgan fingerprint density at radius 2 is 2.55 bits per heavy atom. The molecule has 0 aliphatic heterocycles. The minimum absolute atomic E-state index is 0.0945. The molecule has 0 saturated carbocycles. The molecule has 1 unspecified atom stereocenters. The molecule has 0 radical (unpaired) electrons. The molecule has 3 heteroatoms. The largest absolute Gasteiger partial charge is 0.144 e.